The van der Waals surface area contributed by atoms with Crippen LogP contribution in [0.25, 0.3) is 5.52 Å². The van der Waals surface area contributed by atoms with Gasteiger partial charge in [0.1, 0.15) is 5.52 Å². The second-order valence-electron chi connectivity index (χ2n) is 4.48. The van der Waals surface area contributed by atoms with Crippen LogP contribution >= 0.6 is 0 Å². The number of nitrogens with one attached hydrogen (secondary N) is 1. The number of halogens is 3. The molecule has 0 atom stereocenters. The van der Waals surface area contributed by atoms with Gasteiger partial charge < -0.3 is 10.1 Å². The fourth-order valence-corrected chi connectivity index (χ4v) is 1.66. The second-order valence-corrected chi connectivity index (χ2v) is 4.48. The molecule has 2 rings (SSSR count). The molecule has 0 aliphatic heterocycles. The molecule has 0 aromatic carbocycles. The van der Waals surface area contributed by atoms with E-state index in [1.165, 1.54) is 12.4 Å². The van der Waals surface area contributed by atoms with Crippen LogP contribution in [0.3, 0.4) is 0 Å². The summed E-state index contributed by atoms with van der Waals surface area (Å²) in [5.74, 6) is 0.350. The van der Waals surface area contributed by atoms with Gasteiger partial charge in [0.25, 0.3) is 0 Å². The van der Waals surface area contributed by atoms with Crippen LogP contribution in [0.1, 0.15) is 19.5 Å². The average molecular weight is 288 g/mol. The van der Waals surface area contributed by atoms with E-state index < -0.39 is 11.9 Å². The van der Waals surface area contributed by atoms with Crippen molar-refractivity contribution in [3.63, 3.8) is 0 Å². The Morgan fingerprint density at radius 1 is 1.40 bits per heavy atom. The summed E-state index contributed by atoms with van der Waals surface area (Å²) in [6.07, 6.45) is -1.59. The number of ether oxygens (including phenoxy) is 1. The summed E-state index contributed by atoms with van der Waals surface area (Å²) in [5, 5.41) is 6.43. The molecule has 5 nitrogen and oxygen atoms in total. The molecule has 0 fully saturated rings. The van der Waals surface area contributed by atoms with E-state index >= 15 is 0 Å². The third kappa shape index (κ3) is 3.38. The van der Waals surface area contributed by atoms with E-state index in [2.05, 4.69) is 15.4 Å². The molecule has 2 aromatic rings. The lowest BCUT2D eigenvalue weighted by atomic mass is 10.3. The number of anilines is 1. The number of alkyl halides is 3. The van der Waals surface area contributed by atoms with Crippen molar-refractivity contribution >= 4 is 11.3 Å². The maximum absolute atomic E-state index is 12.6. The molecule has 20 heavy (non-hydrogen) atoms. The van der Waals surface area contributed by atoms with Gasteiger partial charge in [-0.3, -0.25) is 0 Å². The number of fused-ring (bicyclic) bond motifs is 1. The summed E-state index contributed by atoms with van der Waals surface area (Å²) in [6.45, 7) is 4.72. The van der Waals surface area contributed by atoms with Gasteiger partial charge in [-0.05, 0) is 13.8 Å². The van der Waals surface area contributed by atoms with Gasteiger partial charge in [0, 0.05) is 25.0 Å². The smallest absolute Gasteiger partial charge is 0.377 e. The van der Waals surface area contributed by atoms with E-state index in [0.717, 1.165) is 10.6 Å². The monoisotopic (exact) mass is 288 g/mol. The van der Waals surface area contributed by atoms with Crippen molar-refractivity contribution in [3.8, 4) is 0 Å². The van der Waals surface area contributed by atoms with E-state index in [9.17, 15) is 13.2 Å². The van der Waals surface area contributed by atoms with Crippen molar-refractivity contribution in [2.24, 2.45) is 0 Å². The van der Waals surface area contributed by atoms with Crippen LogP contribution in [0.5, 0.6) is 0 Å². The fraction of sp³-hybridized carbons (Fsp3) is 0.500. The second kappa shape index (κ2) is 5.66. The number of rotatable bonds is 5. The number of aromatic nitrogens is 3. The van der Waals surface area contributed by atoms with Crippen LogP contribution in [-0.4, -0.2) is 33.9 Å². The molecule has 0 amide bonds. The lowest BCUT2D eigenvalue weighted by Crippen LogP contribution is -2.14. The molecule has 0 radical (unpaired) electrons. The molecule has 0 bridgehead atoms. The predicted octanol–water partition coefficient (Wildman–Crippen LogP) is 2.58. The zero-order valence-electron chi connectivity index (χ0n) is 11.1. The highest BCUT2D eigenvalue weighted by Crippen LogP contribution is 2.29. The van der Waals surface area contributed by atoms with Crippen molar-refractivity contribution in [1.82, 2.24) is 14.6 Å². The number of hydrogen-bond donors (Lipinski definition) is 1. The Bertz CT molecular complexity index is 580. The van der Waals surface area contributed by atoms with Crippen molar-refractivity contribution < 1.29 is 17.9 Å². The van der Waals surface area contributed by atoms with Gasteiger partial charge in [0.05, 0.1) is 12.7 Å². The Hall–Kier alpha value is -1.83. The van der Waals surface area contributed by atoms with Gasteiger partial charge in [-0.15, -0.1) is 0 Å². The van der Waals surface area contributed by atoms with Crippen LogP contribution in [0.4, 0.5) is 19.0 Å². The van der Waals surface area contributed by atoms with Gasteiger partial charge in [0.15, 0.2) is 11.5 Å². The summed E-state index contributed by atoms with van der Waals surface area (Å²) >= 11 is 0. The summed E-state index contributed by atoms with van der Waals surface area (Å²) in [5.41, 5.74) is -0.656. The lowest BCUT2D eigenvalue weighted by Gasteiger charge is -2.09. The maximum atomic E-state index is 12.6. The minimum Gasteiger partial charge on any atom is -0.377 e. The van der Waals surface area contributed by atoms with Gasteiger partial charge in [-0.1, -0.05) is 0 Å². The molecule has 0 spiro atoms. The Labute approximate surface area is 113 Å². The van der Waals surface area contributed by atoms with Crippen molar-refractivity contribution in [2.75, 3.05) is 18.5 Å². The summed E-state index contributed by atoms with van der Waals surface area (Å²) < 4.78 is 44.3. The molecule has 8 heteroatoms. The molecular formula is C12H15F3N4O. The fourth-order valence-electron chi connectivity index (χ4n) is 1.66. The van der Waals surface area contributed by atoms with Crippen LogP contribution in [-0.2, 0) is 10.9 Å². The van der Waals surface area contributed by atoms with Gasteiger partial charge >= 0.3 is 6.18 Å². The number of hydrogen-bond acceptors (Lipinski definition) is 4. The largest absolute Gasteiger partial charge is 0.435 e. The molecule has 2 aromatic heterocycles. The summed E-state index contributed by atoms with van der Waals surface area (Å²) in [4.78, 5) is 4.02. The maximum Gasteiger partial charge on any atom is 0.435 e. The third-order valence-corrected chi connectivity index (χ3v) is 2.53. The first kappa shape index (κ1) is 14.6. The van der Waals surface area contributed by atoms with Crippen molar-refractivity contribution in [3.05, 3.63) is 24.2 Å². The van der Waals surface area contributed by atoms with Crippen molar-refractivity contribution in [1.29, 1.82) is 0 Å². The summed E-state index contributed by atoms with van der Waals surface area (Å²) in [6, 6.07) is 0.971. The molecule has 0 saturated heterocycles. The normalized spacial score (nSPS) is 12.3. The SMILES string of the molecule is CC(C)OCCNc1nccn2nc(C(F)(F)F)cc12. The molecule has 2 heterocycles. The van der Waals surface area contributed by atoms with Gasteiger partial charge in [0.2, 0.25) is 0 Å². The van der Waals surface area contributed by atoms with Gasteiger partial charge in [-0.25, -0.2) is 9.50 Å². The van der Waals surface area contributed by atoms with E-state index in [0.29, 0.717) is 19.0 Å². The van der Waals surface area contributed by atoms with Crippen molar-refractivity contribution in [2.45, 2.75) is 26.1 Å². The highest BCUT2D eigenvalue weighted by Gasteiger charge is 2.34. The molecule has 0 aliphatic rings. The predicted molar refractivity (Wildman–Crippen MR) is 67.6 cm³/mol. The average Bonchev–Trinajstić information content (AvgIpc) is 2.78. The molecule has 1 N–H and O–H groups in total. The molecule has 0 saturated carbocycles. The highest BCUT2D eigenvalue weighted by molar-refractivity contribution is 5.67. The van der Waals surface area contributed by atoms with Crippen LogP contribution < -0.4 is 5.32 Å². The highest BCUT2D eigenvalue weighted by atomic mass is 19.4. The topological polar surface area (TPSA) is 51.5 Å². The third-order valence-electron chi connectivity index (χ3n) is 2.53. The van der Waals surface area contributed by atoms with E-state index in [4.69, 9.17) is 4.74 Å². The first-order valence-electron chi connectivity index (χ1n) is 6.15. The lowest BCUT2D eigenvalue weighted by molar-refractivity contribution is -0.141. The van der Waals surface area contributed by atoms with E-state index in [1.807, 2.05) is 13.8 Å². The first-order chi connectivity index (χ1) is 9.38. The molecular weight excluding hydrogens is 273 g/mol. The van der Waals surface area contributed by atoms with Gasteiger partial charge in [-0.2, -0.15) is 18.3 Å². The Kier molecular flexibility index (Phi) is 4.12. The zero-order chi connectivity index (χ0) is 14.8. The minimum absolute atomic E-state index is 0.104. The van der Waals surface area contributed by atoms with Crippen LogP contribution in [0.2, 0.25) is 0 Å². The zero-order valence-corrected chi connectivity index (χ0v) is 11.1. The van der Waals surface area contributed by atoms with Crippen LogP contribution in [0, 0.1) is 0 Å². The van der Waals surface area contributed by atoms with Crippen LogP contribution in [0.15, 0.2) is 18.5 Å². The Morgan fingerprint density at radius 2 is 2.15 bits per heavy atom. The Balaban J connectivity index is 2.15. The standard InChI is InChI=1S/C12H15F3N4O/c1-8(2)20-6-4-17-11-9-7-10(12(13,14)15)18-19(9)5-3-16-11/h3,5,7-8H,4,6H2,1-2H3,(H,16,17). The summed E-state index contributed by atoms with van der Waals surface area (Å²) in [7, 11) is 0. The molecule has 110 valence electrons. The van der Waals surface area contributed by atoms with E-state index in [-0.39, 0.29) is 11.6 Å². The quantitative estimate of drug-likeness (QED) is 0.859. The first-order valence-corrected chi connectivity index (χ1v) is 6.15. The molecule has 0 aliphatic carbocycles. The van der Waals surface area contributed by atoms with E-state index in [1.54, 1.807) is 0 Å². The minimum atomic E-state index is -4.47. The Morgan fingerprint density at radius 3 is 2.80 bits per heavy atom. The molecule has 0 unspecified atom stereocenters. The number of nitrogens with zero attached hydrogens (tertiary/aromatic N) is 3.